The Morgan fingerprint density at radius 3 is 2.91 bits per heavy atom. The molecule has 0 saturated carbocycles. The summed E-state index contributed by atoms with van der Waals surface area (Å²) in [6, 6.07) is 8.82. The van der Waals surface area contributed by atoms with Crippen LogP contribution in [0.4, 0.5) is 0 Å². The van der Waals surface area contributed by atoms with Crippen LogP contribution in [0.25, 0.3) is 29.1 Å². The van der Waals surface area contributed by atoms with Gasteiger partial charge in [-0.05, 0) is 81.6 Å². The van der Waals surface area contributed by atoms with Crippen molar-refractivity contribution in [2.24, 2.45) is 5.92 Å². The Morgan fingerprint density at radius 2 is 2.06 bits per heavy atom. The molecule has 3 aromatic rings. The van der Waals surface area contributed by atoms with Gasteiger partial charge in [-0.3, -0.25) is 15.1 Å². The molecule has 1 aliphatic carbocycles. The second kappa shape index (κ2) is 9.38. The number of H-pyrrole nitrogens is 1. The molecular formula is C29H31N5. The highest BCUT2D eigenvalue weighted by Crippen LogP contribution is 2.29. The molecule has 0 saturated heterocycles. The molecule has 34 heavy (non-hydrogen) atoms. The molecule has 5 heteroatoms. The van der Waals surface area contributed by atoms with Crippen molar-refractivity contribution in [3.05, 3.63) is 88.2 Å². The smallest absolute Gasteiger partial charge is 0.0919 e. The van der Waals surface area contributed by atoms with Gasteiger partial charge in [-0.1, -0.05) is 24.6 Å². The molecule has 1 aliphatic heterocycles. The summed E-state index contributed by atoms with van der Waals surface area (Å²) in [5.74, 6) is 0.569. The zero-order valence-corrected chi connectivity index (χ0v) is 20.3. The number of nitrogens with one attached hydrogen (secondary N) is 1. The second-order valence-electron chi connectivity index (χ2n) is 9.65. The van der Waals surface area contributed by atoms with E-state index in [1.165, 1.54) is 11.1 Å². The predicted octanol–water partition coefficient (Wildman–Crippen LogP) is 5.73. The van der Waals surface area contributed by atoms with E-state index >= 15 is 0 Å². The maximum atomic E-state index is 4.78. The first kappa shape index (κ1) is 22.3. The topological polar surface area (TPSA) is 57.7 Å². The third kappa shape index (κ3) is 4.72. The fourth-order valence-corrected chi connectivity index (χ4v) is 4.88. The molecule has 0 radical (unpaired) electrons. The van der Waals surface area contributed by atoms with Gasteiger partial charge in [0.05, 0.1) is 23.3 Å². The van der Waals surface area contributed by atoms with E-state index in [2.05, 4.69) is 71.0 Å². The van der Waals surface area contributed by atoms with Crippen LogP contribution >= 0.6 is 0 Å². The van der Waals surface area contributed by atoms with Crippen LogP contribution in [0.5, 0.6) is 0 Å². The second-order valence-corrected chi connectivity index (χ2v) is 9.65. The molecule has 4 heterocycles. The van der Waals surface area contributed by atoms with Gasteiger partial charge in [-0.15, -0.1) is 5.73 Å². The molecule has 0 fully saturated rings. The normalized spacial score (nSPS) is 20.4. The summed E-state index contributed by atoms with van der Waals surface area (Å²) in [6.45, 7) is 7.73. The van der Waals surface area contributed by atoms with Gasteiger partial charge in [0, 0.05) is 41.2 Å². The molecule has 0 aromatic carbocycles. The Labute approximate surface area is 201 Å². The largest absolute Gasteiger partial charge is 0.303 e. The summed E-state index contributed by atoms with van der Waals surface area (Å²) in [4.78, 5) is 11.9. The van der Waals surface area contributed by atoms with E-state index in [-0.39, 0.29) is 0 Å². The standard InChI is InChI=1S/C29H31N5/c1-19-12-22(13-21(3)34(4)18-19)14-23-15-25-9-8-24(10-11-27(25)30-16-23)26-17-31-33-29(26)28-7-5-6-20(2)32-28/h5-7,9-12,15-17,19,21H,13-14,18H2,1-4H3,(H,31,33)/t19-,21+/m0/s1. The zero-order chi connectivity index (χ0) is 23.7. The summed E-state index contributed by atoms with van der Waals surface area (Å²) in [7, 11) is 2.23. The van der Waals surface area contributed by atoms with Crippen LogP contribution in [0.2, 0.25) is 0 Å². The van der Waals surface area contributed by atoms with E-state index < -0.39 is 0 Å². The van der Waals surface area contributed by atoms with E-state index in [0.717, 1.165) is 58.9 Å². The maximum absolute atomic E-state index is 4.78. The molecule has 3 aromatic heterocycles. The summed E-state index contributed by atoms with van der Waals surface area (Å²) >= 11 is 0. The van der Waals surface area contributed by atoms with E-state index in [4.69, 9.17) is 4.98 Å². The summed E-state index contributed by atoms with van der Waals surface area (Å²) in [6.07, 6.45) is 14.5. The molecule has 0 unspecified atom stereocenters. The number of fused-ring (bicyclic) bond motifs is 1. The lowest BCUT2D eigenvalue weighted by molar-refractivity contribution is 0.246. The maximum Gasteiger partial charge on any atom is 0.0919 e. The fraction of sp³-hybridized carbons (Fsp3) is 0.310. The number of pyridine rings is 2. The SMILES string of the molecule is Cc1cccc(-c2[nH]ncc2C2=C=Cc3cc(CC4=C[C@H](C)CN(C)[C@H](C)C4)cnc3C=C2)n1. The van der Waals surface area contributed by atoms with Gasteiger partial charge in [-0.25, -0.2) is 0 Å². The van der Waals surface area contributed by atoms with E-state index in [1.807, 2.05) is 43.6 Å². The highest BCUT2D eigenvalue weighted by atomic mass is 15.1. The highest BCUT2D eigenvalue weighted by Gasteiger charge is 2.19. The summed E-state index contributed by atoms with van der Waals surface area (Å²) < 4.78 is 0. The molecule has 2 aliphatic rings. The first-order valence-corrected chi connectivity index (χ1v) is 12.0. The number of aromatic nitrogens is 4. The Hall–Kier alpha value is -3.53. The van der Waals surface area contributed by atoms with Crippen LogP contribution in [0.1, 0.15) is 48.3 Å². The van der Waals surface area contributed by atoms with Crippen molar-refractivity contribution in [3.63, 3.8) is 0 Å². The number of hydrogen-bond donors (Lipinski definition) is 1. The Kier molecular flexibility index (Phi) is 6.14. The zero-order valence-electron chi connectivity index (χ0n) is 20.3. The van der Waals surface area contributed by atoms with Crippen LogP contribution < -0.4 is 0 Å². The van der Waals surface area contributed by atoms with Crippen LogP contribution in [0.15, 0.2) is 60.1 Å². The monoisotopic (exact) mass is 449 g/mol. The van der Waals surface area contributed by atoms with E-state index in [9.17, 15) is 0 Å². The number of hydrogen-bond acceptors (Lipinski definition) is 4. The van der Waals surface area contributed by atoms with Crippen molar-refractivity contribution in [3.8, 4) is 11.4 Å². The number of nitrogens with zero attached hydrogens (tertiary/aromatic N) is 4. The minimum atomic E-state index is 0.561. The first-order valence-electron chi connectivity index (χ1n) is 12.0. The van der Waals surface area contributed by atoms with Crippen LogP contribution in [-0.2, 0) is 6.42 Å². The van der Waals surface area contributed by atoms with Gasteiger partial charge >= 0.3 is 0 Å². The minimum Gasteiger partial charge on any atom is -0.303 e. The number of aromatic amines is 1. The van der Waals surface area contributed by atoms with Crippen molar-refractivity contribution < 1.29 is 0 Å². The highest BCUT2D eigenvalue weighted by molar-refractivity contribution is 5.88. The molecule has 5 nitrogen and oxygen atoms in total. The van der Waals surface area contributed by atoms with Crippen molar-refractivity contribution in [1.29, 1.82) is 0 Å². The lowest BCUT2D eigenvalue weighted by atomic mass is 9.97. The quantitative estimate of drug-likeness (QED) is 0.408. The van der Waals surface area contributed by atoms with Gasteiger partial charge in [0.25, 0.3) is 0 Å². The van der Waals surface area contributed by atoms with Gasteiger partial charge in [0.1, 0.15) is 0 Å². The van der Waals surface area contributed by atoms with Gasteiger partial charge in [0.2, 0.25) is 0 Å². The molecule has 0 bridgehead atoms. The first-order chi connectivity index (χ1) is 16.5. The summed E-state index contributed by atoms with van der Waals surface area (Å²) in [5.41, 5.74) is 13.0. The average Bonchev–Trinajstić information content (AvgIpc) is 3.14. The lowest BCUT2D eigenvalue weighted by Crippen LogP contribution is -2.30. The Morgan fingerprint density at radius 1 is 1.18 bits per heavy atom. The number of aryl methyl sites for hydroxylation is 1. The van der Waals surface area contributed by atoms with Gasteiger partial charge < -0.3 is 4.90 Å². The van der Waals surface area contributed by atoms with Gasteiger partial charge in [0.15, 0.2) is 0 Å². The third-order valence-electron chi connectivity index (χ3n) is 6.71. The Bertz CT molecular complexity index is 1340. The Balaban J connectivity index is 1.43. The molecular weight excluding hydrogens is 418 g/mol. The third-order valence-corrected chi connectivity index (χ3v) is 6.71. The van der Waals surface area contributed by atoms with Gasteiger partial charge in [-0.2, -0.15) is 5.10 Å². The van der Waals surface area contributed by atoms with Crippen molar-refractivity contribution in [1.82, 2.24) is 25.1 Å². The minimum absolute atomic E-state index is 0.561. The van der Waals surface area contributed by atoms with E-state index in [1.54, 1.807) is 0 Å². The van der Waals surface area contributed by atoms with Crippen molar-refractivity contribution in [2.75, 3.05) is 13.6 Å². The van der Waals surface area contributed by atoms with Crippen molar-refractivity contribution in [2.45, 2.75) is 39.7 Å². The fourth-order valence-electron chi connectivity index (χ4n) is 4.88. The number of rotatable bonds is 4. The molecule has 5 rings (SSSR count). The van der Waals surface area contributed by atoms with Crippen LogP contribution in [0.3, 0.4) is 0 Å². The molecule has 0 amide bonds. The summed E-state index contributed by atoms with van der Waals surface area (Å²) in [5, 5.41) is 7.40. The predicted molar refractivity (Wildman–Crippen MR) is 139 cm³/mol. The average molecular weight is 450 g/mol. The molecule has 2 atom stereocenters. The van der Waals surface area contributed by atoms with Crippen molar-refractivity contribution >= 4 is 17.7 Å². The van der Waals surface area contributed by atoms with Crippen LogP contribution in [0, 0.1) is 12.8 Å². The molecule has 0 spiro atoms. The number of allylic oxidation sites excluding steroid dienone is 2. The molecule has 172 valence electrons. The molecule has 1 N–H and O–H groups in total. The lowest BCUT2D eigenvalue weighted by Gasteiger charge is -2.23. The van der Waals surface area contributed by atoms with E-state index in [0.29, 0.717) is 12.0 Å². The van der Waals surface area contributed by atoms with Crippen LogP contribution in [-0.4, -0.2) is 44.7 Å².